The van der Waals surface area contributed by atoms with Crippen LogP contribution in [0.2, 0.25) is 0 Å². The molecule has 1 heterocycles. The molecule has 2 amide bonds. The highest BCUT2D eigenvalue weighted by molar-refractivity contribution is 7.83. The minimum absolute atomic E-state index is 0.190. The van der Waals surface area contributed by atoms with Crippen LogP contribution in [0.15, 0.2) is 0 Å². The summed E-state index contributed by atoms with van der Waals surface area (Å²) in [6.45, 7) is 5.32. The monoisotopic (exact) mass is 204 g/mol. The number of carbonyl (C=O) groups excluding carboxylic acids is 1. The maximum absolute atomic E-state index is 11.6. The number of rotatable bonds is 3. The van der Waals surface area contributed by atoms with Crippen LogP contribution in [-0.4, -0.2) is 33.4 Å². The second kappa shape index (κ2) is 4.60. The Morgan fingerprint density at radius 3 is 2.85 bits per heavy atom. The molecule has 1 N–H and O–H groups in total. The van der Waals surface area contributed by atoms with Gasteiger partial charge in [-0.05, 0) is 12.3 Å². The van der Waals surface area contributed by atoms with Gasteiger partial charge in [0.05, 0.1) is 0 Å². The van der Waals surface area contributed by atoms with Gasteiger partial charge in [0, 0.05) is 18.8 Å². The summed E-state index contributed by atoms with van der Waals surface area (Å²) in [6.07, 6.45) is 0.884. The molecule has 0 radical (unpaired) electrons. The highest BCUT2D eigenvalue weighted by Crippen LogP contribution is 2.06. The molecule has 4 nitrogen and oxygen atoms in total. The summed E-state index contributed by atoms with van der Waals surface area (Å²) < 4.78 is 13.0. The summed E-state index contributed by atoms with van der Waals surface area (Å²) in [5.41, 5.74) is 0. The average Bonchev–Trinajstić information content (AvgIpc) is 2.03. The van der Waals surface area contributed by atoms with Crippen molar-refractivity contribution in [2.24, 2.45) is 5.92 Å². The third-order valence-electron chi connectivity index (χ3n) is 1.76. The van der Waals surface area contributed by atoms with Crippen molar-refractivity contribution in [2.75, 3.05) is 18.8 Å². The van der Waals surface area contributed by atoms with Gasteiger partial charge in [0.1, 0.15) is 11.0 Å². The molecule has 1 saturated heterocycles. The number of carbonyl (C=O) groups is 1. The van der Waals surface area contributed by atoms with Gasteiger partial charge in [0.25, 0.3) is 0 Å². The molecule has 1 aliphatic rings. The van der Waals surface area contributed by atoms with Gasteiger partial charge in [0.2, 0.25) is 0 Å². The van der Waals surface area contributed by atoms with Crippen molar-refractivity contribution in [2.45, 2.75) is 20.3 Å². The van der Waals surface area contributed by atoms with E-state index in [2.05, 4.69) is 5.32 Å². The van der Waals surface area contributed by atoms with E-state index in [1.807, 2.05) is 13.8 Å². The molecule has 76 valence electrons. The van der Waals surface area contributed by atoms with E-state index in [9.17, 15) is 9.00 Å². The van der Waals surface area contributed by atoms with Crippen LogP contribution in [0.25, 0.3) is 0 Å². The van der Waals surface area contributed by atoms with Crippen molar-refractivity contribution >= 4 is 17.0 Å². The lowest BCUT2D eigenvalue weighted by atomic mass is 10.3. The molecule has 1 rings (SSSR count). The van der Waals surface area contributed by atoms with Crippen molar-refractivity contribution in [3.05, 3.63) is 0 Å². The smallest absolute Gasteiger partial charge is 0.329 e. The summed E-state index contributed by atoms with van der Waals surface area (Å²) in [4.78, 5) is 11.2. The van der Waals surface area contributed by atoms with E-state index < -0.39 is 11.0 Å². The lowest BCUT2D eigenvalue weighted by Crippen LogP contribution is -2.47. The zero-order valence-corrected chi connectivity index (χ0v) is 8.89. The third kappa shape index (κ3) is 2.99. The molecule has 1 unspecified atom stereocenters. The molecular formula is C8H16N2O2S. The summed E-state index contributed by atoms with van der Waals surface area (Å²) in [5.74, 6) is 0.920. The Hall–Kier alpha value is -0.580. The maximum Gasteiger partial charge on any atom is 0.329 e. The molecule has 13 heavy (non-hydrogen) atoms. The molecule has 0 aliphatic carbocycles. The average molecular weight is 204 g/mol. The highest BCUT2D eigenvalue weighted by Gasteiger charge is 2.23. The van der Waals surface area contributed by atoms with E-state index >= 15 is 0 Å². The maximum atomic E-state index is 11.6. The van der Waals surface area contributed by atoms with Gasteiger partial charge >= 0.3 is 6.03 Å². The molecule has 0 aromatic heterocycles. The van der Waals surface area contributed by atoms with E-state index in [0.29, 0.717) is 24.8 Å². The molecule has 0 saturated carbocycles. The van der Waals surface area contributed by atoms with Crippen molar-refractivity contribution < 1.29 is 9.00 Å². The lowest BCUT2D eigenvalue weighted by molar-refractivity contribution is 0.217. The zero-order valence-electron chi connectivity index (χ0n) is 8.08. The molecule has 0 spiro atoms. The van der Waals surface area contributed by atoms with Crippen molar-refractivity contribution in [1.29, 1.82) is 0 Å². The van der Waals surface area contributed by atoms with E-state index in [4.69, 9.17) is 0 Å². The summed E-state index contributed by atoms with van der Waals surface area (Å²) >= 11 is 0. The van der Waals surface area contributed by atoms with Crippen molar-refractivity contribution in [3.8, 4) is 0 Å². The van der Waals surface area contributed by atoms with Gasteiger partial charge in [-0.15, -0.1) is 0 Å². The first kappa shape index (κ1) is 10.5. The largest absolute Gasteiger partial charge is 0.337 e. The summed E-state index contributed by atoms with van der Waals surface area (Å²) in [6, 6.07) is -0.190. The second-order valence-electron chi connectivity index (χ2n) is 3.57. The Kier molecular flexibility index (Phi) is 3.71. The van der Waals surface area contributed by atoms with Gasteiger partial charge in [-0.2, -0.15) is 0 Å². The molecule has 1 atom stereocenters. The quantitative estimate of drug-likeness (QED) is 0.736. The fourth-order valence-electron chi connectivity index (χ4n) is 1.18. The molecule has 1 fully saturated rings. The number of hydrogen-bond acceptors (Lipinski definition) is 2. The van der Waals surface area contributed by atoms with Gasteiger partial charge in [-0.25, -0.2) is 13.3 Å². The highest BCUT2D eigenvalue weighted by atomic mass is 32.2. The first-order valence-corrected chi connectivity index (χ1v) is 5.82. The fraction of sp³-hybridized carbons (Fsp3) is 0.875. The third-order valence-corrected chi connectivity index (χ3v) is 3.55. The van der Waals surface area contributed by atoms with E-state index in [-0.39, 0.29) is 6.03 Å². The number of nitrogens with zero attached hydrogens (tertiary/aromatic N) is 1. The molecule has 0 aromatic carbocycles. The summed E-state index contributed by atoms with van der Waals surface area (Å²) in [5, 5.41) is 2.68. The molecule has 0 bridgehead atoms. The SMILES string of the molecule is CC(C)CS(=O)N1CCCNC1=O. The Morgan fingerprint density at radius 2 is 2.31 bits per heavy atom. The summed E-state index contributed by atoms with van der Waals surface area (Å²) in [7, 11) is -1.15. The Bertz CT molecular complexity index is 218. The predicted octanol–water partition coefficient (Wildman–Crippen LogP) is 0.721. The normalized spacial score (nSPS) is 20.2. The zero-order chi connectivity index (χ0) is 9.84. The van der Waals surface area contributed by atoms with Crippen LogP contribution in [0, 0.1) is 5.92 Å². The van der Waals surface area contributed by atoms with E-state index in [1.54, 1.807) is 0 Å². The topological polar surface area (TPSA) is 49.4 Å². The van der Waals surface area contributed by atoms with Crippen molar-refractivity contribution in [3.63, 3.8) is 0 Å². The van der Waals surface area contributed by atoms with Crippen LogP contribution in [0.5, 0.6) is 0 Å². The second-order valence-corrected chi connectivity index (χ2v) is 4.99. The molecule has 1 aliphatic heterocycles. The Labute approximate surface area is 81.3 Å². The van der Waals surface area contributed by atoms with Gasteiger partial charge in [0.15, 0.2) is 0 Å². The predicted molar refractivity (Wildman–Crippen MR) is 52.6 cm³/mol. The van der Waals surface area contributed by atoms with E-state index in [1.165, 1.54) is 4.31 Å². The molecule has 5 heteroatoms. The van der Waals surface area contributed by atoms with Crippen molar-refractivity contribution in [1.82, 2.24) is 9.62 Å². The Balaban J connectivity index is 2.49. The van der Waals surface area contributed by atoms with Crippen LogP contribution in [0.3, 0.4) is 0 Å². The minimum Gasteiger partial charge on any atom is -0.337 e. The fourth-order valence-corrected chi connectivity index (χ4v) is 2.51. The van der Waals surface area contributed by atoms with E-state index in [0.717, 1.165) is 6.42 Å². The number of hydrogen-bond donors (Lipinski definition) is 1. The lowest BCUT2D eigenvalue weighted by Gasteiger charge is -2.26. The van der Waals surface area contributed by atoms with Gasteiger partial charge in [-0.3, -0.25) is 0 Å². The van der Waals surface area contributed by atoms with Crippen LogP contribution in [0.1, 0.15) is 20.3 Å². The number of amides is 2. The van der Waals surface area contributed by atoms with Crippen LogP contribution in [0.4, 0.5) is 4.79 Å². The molecular weight excluding hydrogens is 188 g/mol. The standard InChI is InChI=1S/C8H16N2O2S/c1-7(2)6-13(12)10-5-3-4-9-8(10)11/h7H,3-6H2,1-2H3,(H,9,11). The first-order chi connectivity index (χ1) is 6.11. The molecule has 0 aromatic rings. The van der Waals surface area contributed by atoms with Crippen LogP contribution < -0.4 is 5.32 Å². The number of nitrogens with one attached hydrogen (secondary N) is 1. The van der Waals surface area contributed by atoms with Crippen LogP contribution >= 0.6 is 0 Å². The number of urea groups is 1. The van der Waals surface area contributed by atoms with Crippen LogP contribution in [-0.2, 0) is 11.0 Å². The van der Waals surface area contributed by atoms with Gasteiger partial charge in [-0.1, -0.05) is 13.8 Å². The first-order valence-electron chi connectivity index (χ1n) is 4.55. The Morgan fingerprint density at radius 1 is 1.62 bits per heavy atom. The van der Waals surface area contributed by atoms with Gasteiger partial charge < -0.3 is 5.32 Å². The minimum atomic E-state index is -1.15.